The summed E-state index contributed by atoms with van der Waals surface area (Å²) in [4.78, 5) is 0. The largest absolute Gasteiger partial charge is 0.492 e. The van der Waals surface area contributed by atoms with Gasteiger partial charge in [-0.3, -0.25) is 0 Å². The molecule has 0 aliphatic rings. The zero-order chi connectivity index (χ0) is 14.4. The summed E-state index contributed by atoms with van der Waals surface area (Å²) < 4.78 is 18.7. The zero-order valence-electron chi connectivity index (χ0n) is 9.66. The maximum Gasteiger partial charge on any atom is 0.189 e. The Morgan fingerprint density at radius 3 is 2.37 bits per heavy atom. The molecule has 0 spiro atoms. The first-order valence-electron chi connectivity index (χ1n) is 4.82. The van der Waals surface area contributed by atoms with Crippen LogP contribution in [0.2, 0.25) is 5.02 Å². The van der Waals surface area contributed by atoms with Gasteiger partial charge in [-0.05, 0) is 12.1 Å². The quantitative estimate of drug-likeness (QED) is 0.857. The highest BCUT2D eigenvalue weighted by Crippen LogP contribution is 2.32. The average Bonchev–Trinajstić information content (AvgIpc) is 2.42. The fourth-order valence-corrected chi connectivity index (χ4v) is 1.46. The van der Waals surface area contributed by atoms with E-state index in [2.05, 4.69) is 5.32 Å². The second-order valence-electron chi connectivity index (χ2n) is 3.15. The molecule has 0 aliphatic heterocycles. The lowest BCUT2D eigenvalue weighted by Crippen LogP contribution is -2.03. The SMILES string of the molecule is COc1c(Cl)ccc(NC(C#N)=C(C#N)C#N)c1F. The number of benzene rings is 1. The second kappa shape index (κ2) is 6.26. The summed E-state index contributed by atoms with van der Waals surface area (Å²) in [6.45, 7) is 0. The smallest absolute Gasteiger partial charge is 0.189 e. The predicted octanol–water partition coefficient (Wildman–Crippen LogP) is 2.72. The number of hydrogen-bond donors (Lipinski definition) is 1. The van der Waals surface area contributed by atoms with Crippen LogP contribution in [0.1, 0.15) is 0 Å². The number of methoxy groups -OCH3 is 1. The second-order valence-corrected chi connectivity index (χ2v) is 3.56. The molecule has 0 aliphatic carbocycles. The van der Waals surface area contributed by atoms with Crippen molar-refractivity contribution in [3.05, 3.63) is 34.2 Å². The molecule has 0 radical (unpaired) electrons. The molecular formula is C12H6ClFN4O. The topological polar surface area (TPSA) is 92.6 Å². The molecule has 0 saturated heterocycles. The van der Waals surface area contributed by atoms with Gasteiger partial charge in [-0.1, -0.05) is 11.6 Å². The molecule has 7 heteroatoms. The minimum atomic E-state index is -0.821. The lowest BCUT2D eigenvalue weighted by Gasteiger charge is -2.10. The van der Waals surface area contributed by atoms with E-state index in [0.717, 1.165) is 0 Å². The monoisotopic (exact) mass is 276 g/mol. The van der Waals surface area contributed by atoms with E-state index >= 15 is 0 Å². The van der Waals surface area contributed by atoms with Gasteiger partial charge in [0.2, 0.25) is 0 Å². The van der Waals surface area contributed by atoms with Crippen molar-refractivity contribution < 1.29 is 9.13 Å². The van der Waals surface area contributed by atoms with Crippen molar-refractivity contribution >= 4 is 17.3 Å². The van der Waals surface area contributed by atoms with Gasteiger partial charge in [0, 0.05) is 0 Å². The van der Waals surface area contributed by atoms with E-state index in [4.69, 9.17) is 32.1 Å². The van der Waals surface area contributed by atoms with E-state index in [0.29, 0.717) is 0 Å². The van der Waals surface area contributed by atoms with Crippen LogP contribution in [0, 0.1) is 39.8 Å². The minimum absolute atomic E-state index is 0.0637. The number of nitrogens with zero attached hydrogens (tertiary/aromatic N) is 3. The number of anilines is 1. The van der Waals surface area contributed by atoms with E-state index in [1.807, 2.05) is 0 Å². The lowest BCUT2D eigenvalue weighted by molar-refractivity contribution is 0.388. The van der Waals surface area contributed by atoms with Crippen molar-refractivity contribution in [3.63, 3.8) is 0 Å². The normalized spacial score (nSPS) is 8.63. The van der Waals surface area contributed by atoms with Crippen molar-refractivity contribution in [3.8, 4) is 24.0 Å². The van der Waals surface area contributed by atoms with E-state index in [1.165, 1.54) is 31.4 Å². The summed E-state index contributed by atoms with van der Waals surface area (Å²) in [5.74, 6) is -1.02. The van der Waals surface area contributed by atoms with Gasteiger partial charge in [-0.15, -0.1) is 0 Å². The highest BCUT2D eigenvalue weighted by molar-refractivity contribution is 6.32. The minimum Gasteiger partial charge on any atom is -0.492 e. The molecule has 0 atom stereocenters. The fourth-order valence-electron chi connectivity index (χ4n) is 1.23. The van der Waals surface area contributed by atoms with Crippen LogP contribution in [0.15, 0.2) is 23.4 Å². The molecule has 1 N–H and O–H groups in total. The number of allylic oxidation sites excluding steroid dienone is 2. The fraction of sp³-hybridized carbons (Fsp3) is 0.0833. The Labute approximate surface area is 113 Å². The zero-order valence-corrected chi connectivity index (χ0v) is 10.4. The molecule has 0 saturated carbocycles. The highest BCUT2D eigenvalue weighted by Gasteiger charge is 2.15. The average molecular weight is 277 g/mol. The molecule has 19 heavy (non-hydrogen) atoms. The third-order valence-electron chi connectivity index (χ3n) is 2.10. The number of ether oxygens (including phenoxy) is 1. The third kappa shape index (κ3) is 2.93. The van der Waals surface area contributed by atoms with E-state index < -0.39 is 11.4 Å². The van der Waals surface area contributed by atoms with Crippen molar-refractivity contribution in [2.45, 2.75) is 0 Å². The molecular weight excluding hydrogens is 271 g/mol. The summed E-state index contributed by atoms with van der Waals surface area (Å²) in [6.07, 6.45) is 0. The van der Waals surface area contributed by atoms with Gasteiger partial charge in [-0.2, -0.15) is 15.8 Å². The van der Waals surface area contributed by atoms with Gasteiger partial charge in [-0.25, -0.2) is 4.39 Å². The number of nitriles is 3. The molecule has 1 rings (SSSR count). The summed E-state index contributed by atoms with van der Waals surface area (Å²) in [5.41, 5.74) is -0.926. The first kappa shape index (κ1) is 14.3. The van der Waals surface area contributed by atoms with E-state index in [1.54, 1.807) is 6.07 Å². The lowest BCUT2D eigenvalue weighted by atomic mass is 10.2. The van der Waals surface area contributed by atoms with E-state index in [-0.39, 0.29) is 22.2 Å². The van der Waals surface area contributed by atoms with Crippen LogP contribution in [0.5, 0.6) is 5.75 Å². The van der Waals surface area contributed by atoms with Gasteiger partial charge in [0.1, 0.15) is 23.9 Å². The molecule has 0 heterocycles. The highest BCUT2D eigenvalue weighted by atomic mass is 35.5. The van der Waals surface area contributed by atoms with Gasteiger partial charge in [0.25, 0.3) is 0 Å². The first-order chi connectivity index (χ1) is 9.08. The van der Waals surface area contributed by atoms with Crippen molar-refractivity contribution in [2.24, 2.45) is 0 Å². The Balaban J connectivity index is 3.30. The number of rotatable bonds is 3. The maximum absolute atomic E-state index is 13.9. The van der Waals surface area contributed by atoms with Gasteiger partial charge < -0.3 is 10.1 Å². The van der Waals surface area contributed by atoms with E-state index in [9.17, 15) is 4.39 Å². The molecule has 5 nitrogen and oxygen atoms in total. The number of hydrogen-bond acceptors (Lipinski definition) is 5. The van der Waals surface area contributed by atoms with Crippen molar-refractivity contribution in [2.75, 3.05) is 12.4 Å². The van der Waals surface area contributed by atoms with Gasteiger partial charge >= 0.3 is 0 Å². The van der Waals surface area contributed by atoms with Gasteiger partial charge in [0.05, 0.1) is 17.8 Å². The first-order valence-corrected chi connectivity index (χ1v) is 5.20. The summed E-state index contributed by atoms with van der Waals surface area (Å²) in [6, 6.07) is 7.32. The molecule has 0 aromatic heterocycles. The summed E-state index contributed by atoms with van der Waals surface area (Å²) >= 11 is 5.71. The Kier molecular flexibility index (Phi) is 4.71. The van der Waals surface area contributed by atoms with Crippen molar-refractivity contribution in [1.29, 1.82) is 15.8 Å². The van der Waals surface area contributed by atoms with Crippen molar-refractivity contribution in [1.82, 2.24) is 0 Å². The molecule has 94 valence electrons. The molecule has 1 aromatic carbocycles. The molecule has 0 unspecified atom stereocenters. The third-order valence-corrected chi connectivity index (χ3v) is 2.40. The van der Waals surface area contributed by atoms with Gasteiger partial charge in [0.15, 0.2) is 17.1 Å². The predicted molar refractivity (Wildman–Crippen MR) is 65.4 cm³/mol. The Morgan fingerprint density at radius 1 is 1.26 bits per heavy atom. The molecule has 1 aromatic rings. The summed E-state index contributed by atoms with van der Waals surface area (Å²) in [5, 5.41) is 28.6. The van der Waals surface area contributed by atoms with Crippen LogP contribution in [-0.2, 0) is 0 Å². The van der Waals surface area contributed by atoms with Crippen LogP contribution >= 0.6 is 11.6 Å². The molecule has 0 bridgehead atoms. The van der Waals surface area contributed by atoms with Crippen LogP contribution in [0.25, 0.3) is 0 Å². The molecule has 0 fully saturated rings. The Bertz CT molecular complexity index is 648. The van der Waals surface area contributed by atoms with Crippen LogP contribution in [0.3, 0.4) is 0 Å². The standard InChI is InChI=1S/C12H6ClFN4O/c1-19-12-8(13)2-3-9(11(12)14)18-10(6-17)7(4-15)5-16/h2-3,18H,1H3. The molecule has 0 amide bonds. The number of nitrogens with one attached hydrogen (secondary N) is 1. The van der Waals surface area contributed by atoms with Crippen LogP contribution in [-0.4, -0.2) is 7.11 Å². The number of halogens is 2. The summed E-state index contributed by atoms with van der Waals surface area (Å²) in [7, 11) is 1.24. The Hall–Kier alpha value is -2.75. The maximum atomic E-state index is 13.9. The van der Waals surface area contributed by atoms with Crippen LogP contribution < -0.4 is 10.1 Å². The Morgan fingerprint density at radius 2 is 1.89 bits per heavy atom. The van der Waals surface area contributed by atoms with Crippen LogP contribution in [0.4, 0.5) is 10.1 Å².